The van der Waals surface area contributed by atoms with Gasteiger partial charge in [-0.2, -0.15) is 0 Å². The maximum atomic E-state index is 12.1. The smallest absolute Gasteiger partial charge is 0.303 e. The van der Waals surface area contributed by atoms with Gasteiger partial charge in [-0.25, -0.2) is 0 Å². The number of rotatable bonds is 9. The number of hydrogen-bond donors (Lipinski definition) is 2. The van der Waals surface area contributed by atoms with Crippen molar-refractivity contribution in [3.05, 3.63) is 0 Å². The molecule has 0 aliphatic carbocycles. The highest BCUT2D eigenvalue weighted by molar-refractivity contribution is 5.88. The predicted octanol–water partition coefficient (Wildman–Crippen LogP) is 2.00. The zero-order valence-corrected chi connectivity index (χ0v) is 12.2. The van der Waals surface area contributed by atoms with Crippen molar-refractivity contribution in [2.45, 2.75) is 59.4 Å². The van der Waals surface area contributed by atoms with Crippen LogP contribution in [0.5, 0.6) is 0 Å². The van der Waals surface area contributed by atoms with Gasteiger partial charge in [-0.3, -0.25) is 14.4 Å². The Labute approximate surface area is 114 Å². The van der Waals surface area contributed by atoms with Crippen LogP contribution in [0.15, 0.2) is 0 Å². The molecule has 0 aliphatic rings. The maximum absolute atomic E-state index is 12.1. The average Bonchev–Trinajstić information content (AvgIpc) is 2.29. The van der Waals surface area contributed by atoms with Crippen molar-refractivity contribution < 1.29 is 19.5 Å². The molecular formula is C14H25NO4. The van der Waals surface area contributed by atoms with Crippen molar-refractivity contribution in [2.75, 3.05) is 0 Å². The summed E-state index contributed by atoms with van der Waals surface area (Å²) in [6, 6.07) is -0.489. The molecule has 0 bridgehead atoms. The van der Waals surface area contributed by atoms with Crippen LogP contribution < -0.4 is 5.32 Å². The molecule has 110 valence electrons. The molecule has 0 aromatic rings. The molecule has 1 amide bonds. The summed E-state index contributed by atoms with van der Waals surface area (Å²) in [7, 11) is 0. The number of aliphatic carboxylic acids is 1. The summed E-state index contributed by atoms with van der Waals surface area (Å²) >= 11 is 0. The normalized spacial score (nSPS) is 13.9. The molecule has 0 aromatic heterocycles. The van der Waals surface area contributed by atoms with Gasteiger partial charge in [0, 0.05) is 12.3 Å². The van der Waals surface area contributed by atoms with Crippen LogP contribution in [-0.4, -0.2) is 28.8 Å². The molecule has 2 atom stereocenters. The molecule has 0 aliphatic heterocycles. The van der Waals surface area contributed by atoms with Crippen LogP contribution in [0.3, 0.4) is 0 Å². The monoisotopic (exact) mass is 271 g/mol. The van der Waals surface area contributed by atoms with Crippen molar-refractivity contribution >= 4 is 17.7 Å². The van der Waals surface area contributed by atoms with E-state index in [-0.39, 0.29) is 29.9 Å². The quantitative estimate of drug-likeness (QED) is 0.672. The first kappa shape index (κ1) is 17.6. The van der Waals surface area contributed by atoms with E-state index in [1.54, 1.807) is 0 Å². The maximum Gasteiger partial charge on any atom is 0.303 e. The van der Waals surface area contributed by atoms with Crippen LogP contribution in [0, 0.1) is 11.8 Å². The highest BCUT2D eigenvalue weighted by atomic mass is 16.4. The summed E-state index contributed by atoms with van der Waals surface area (Å²) in [4.78, 5) is 34.2. The van der Waals surface area contributed by atoms with Gasteiger partial charge in [-0.1, -0.05) is 27.2 Å². The molecule has 0 spiro atoms. The molecule has 0 saturated heterocycles. The van der Waals surface area contributed by atoms with Gasteiger partial charge in [0.05, 0.1) is 6.04 Å². The van der Waals surface area contributed by atoms with Gasteiger partial charge in [-0.15, -0.1) is 0 Å². The van der Waals surface area contributed by atoms with Crippen LogP contribution in [0.4, 0.5) is 0 Å². The largest absolute Gasteiger partial charge is 0.481 e. The van der Waals surface area contributed by atoms with E-state index < -0.39 is 12.0 Å². The molecule has 5 heteroatoms. The Hall–Kier alpha value is -1.39. The molecule has 2 N–H and O–H groups in total. The number of nitrogens with one attached hydrogen (secondary N) is 1. The van der Waals surface area contributed by atoms with Crippen molar-refractivity contribution in [1.29, 1.82) is 0 Å². The van der Waals surface area contributed by atoms with Crippen LogP contribution >= 0.6 is 0 Å². The van der Waals surface area contributed by atoms with Gasteiger partial charge in [0.1, 0.15) is 0 Å². The molecular weight excluding hydrogens is 246 g/mol. The number of ketones is 1. The summed E-state index contributed by atoms with van der Waals surface area (Å²) in [5, 5.41) is 11.4. The predicted molar refractivity (Wildman–Crippen MR) is 72.7 cm³/mol. The molecule has 0 radical (unpaired) electrons. The minimum Gasteiger partial charge on any atom is -0.481 e. The summed E-state index contributed by atoms with van der Waals surface area (Å²) in [5.74, 6) is -1.49. The highest BCUT2D eigenvalue weighted by Crippen LogP contribution is 2.15. The SMILES string of the molecule is CCC[C@@H](CCC(=O)O)C(=O)NC(C(C)=O)C(C)C. The fraction of sp³-hybridized carbons (Fsp3) is 0.786. The third kappa shape index (κ3) is 6.94. The standard InChI is InChI=1S/C14H25NO4/c1-5-6-11(7-8-12(17)18)14(19)15-13(9(2)3)10(4)16/h9,11,13H,5-8H2,1-4H3,(H,15,19)(H,17,18)/t11-,13?/m0/s1. The van der Waals surface area contributed by atoms with Crippen molar-refractivity contribution in [3.8, 4) is 0 Å². The molecule has 19 heavy (non-hydrogen) atoms. The van der Waals surface area contributed by atoms with Gasteiger partial charge < -0.3 is 10.4 Å². The fourth-order valence-electron chi connectivity index (χ4n) is 2.06. The first-order chi connectivity index (χ1) is 8.79. The van der Waals surface area contributed by atoms with Crippen molar-refractivity contribution in [2.24, 2.45) is 11.8 Å². The highest BCUT2D eigenvalue weighted by Gasteiger charge is 2.25. The topological polar surface area (TPSA) is 83.5 Å². The summed E-state index contributed by atoms with van der Waals surface area (Å²) in [5.41, 5.74) is 0. The van der Waals surface area contributed by atoms with Crippen molar-refractivity contribution in [3.63, 3.8) is 0 Å². The third-order valence-corrected chi connectivity index (χ3v) is 3.12. The number of Topliss-reactive ketones (excluding diaryl/α,β-unsaturated/α-hetero) is 1. The number of carbonyl (C=O) groups is 3. The van der Waals surface area contributed by atoms with Crippen molar-refractivity contribution in [1.82, 2.24) is 5.32 Å². The number of carboxylic acids is 1. The molecule has 0 saturated carbocycles. The minimum absolute atomic E-state index is 0.0233. The first-order valence-corrected chi connectivity index (χ1v) is 6.82. The molecule has 0 aromatic carbocycles. The second-order valence-corrected chi connectivity index (χ2v) is 5.26. The zero-order valence-electron chi connectivity index (χ0n) is 12.2. The lowest BCUT2D eigenvalue weighted by Gasteiger charge is -2.23. The average molecular weight is 271 g/mol. The van der Waals surface area contributed by atoms with E-state index >= 15 is 0 Å². The third-order valence-electron chi connectivity index (χ3n) is 3.12. The Bertz CT molecular complexity index is 325. The number of hydrogen-bond acceptors (Lipinski definition) is 3. The number of carbonyl (C=O) groups excluding carboxylic acids is 2. The van der Waals surface area contributed by atoms with Gasteiger partial charge >= 0.3 is 5.97 Å². The summed E-state index contributed by atoms with van der Waals surface area (Å²) in [6.07, 6.45) is 1.74. The van der Waals surface area contributed by atoms with Crippen LogP contribution in [0.2, 0.25) is 0 Å². The second-order valence-electron chi connectivity index (χ2n) is 5.26. The zero-order chi connectivity index (χ0) is 15.0. The lowest BCUT2D eigenvalue weighted by atomic mass is 9.94. The van der Waals surface area contributed by atoms with E-state index in [9.17, 15) is 14.4 Å². The van der Waals surface area contributed by atoms with Gasteiger partial charge in [0.2, 0.25) is 5.91 Å². The van der Waals surface area contributed by atoms with E-state index in [2.05, 4.69) is 5.32 Å². The van der Waals surface area contributed by atoms with Crippen LogP contribution in [0.25, 0.3) is 0 Å². The van der Waals surface area contributed by atoms with Gasteiger partial charge in [-0.05, 0) is 25.7 Å². The van der Waals surface area contributed by atoms with Gasteiger partial charge in [0.25, 0.3) is 0 Å². The van der Waals surface area contributed by atoms with Crippen LogP contribution in [-0.2, 0) is 14.4 Å². The Morgan fingerprint density at radius 3 is 2.11 bits per heavy atom. The van der Waals surface area contributed by atoms with E-state index in [1.807, 2.05) is 20.8 Å². The fourth-order valence-corrected chi connectivity index (χ4v) is 2.06. The molecule has 5 nitrogen and oxygen atoms in total. The molecule has 0 fully saturated rings. The first-order valence-electron chi connectivity index (χ1n) is 6.82. The molecule has 1 unspecified atom stereocenters. The Morgan fingerprint density at radius 2 is 1.74 bits per heavy atom. The Kier molecular flexibility index (Phi) is 8.03. The summed E-state index contributed by atoms with van der Waals surface area (Å²) in [6.45, 7) is 7.15. The Balaban J connectivity index is 4.61. The van der Waals surface area contributed by atoms with E-state index in [0.717, 1.165) is 6.42 Å². The Morgan fingerprint density at radius 1 is 1.16 bits per heavy atom. The minimum atomic E-state index is -0.902. The molecule has 0 rings (SSSR count). The molecule has 0 heterocycles. The van der Waals surface area contributed by atoms with E-state index in [1.165, 1.54) is 6.92 Å². The summed E-state index contributed by atoms with van der Waals surface area (Å²) < 4.78 is 0. The van der Waals surface area contributed by atoms with E-state index in [0.29, 0.717) is 12.8 Å². The lowest BCUT2D eigenvalue weighted by Crippen LogP contribution is -2.45. The second kappa shape index (κ2) is 8.67. The van der Waals surface area contributed by atoms with Gasteiger partial charge in [0.15, 0.2) is 5.78 Å². The van der Waals surface area contributed by atoms with E-state index in [4.69, 9.17) is 5.11 Å². The number of carboxylic acid groups (broad SMARTS) is 1. The number of amides is 1. The lowest BCUT2D eigenvalue weighted by molar-refractivity contribution is -0.138. The van der Waals surface area contributed by atoms with Crippen LogP contribution in [0.1, 0.15) is 53.4 Å².